The first-order valence-corrected chi connectivity index (χ1v) is 3.89. The highest BCUT2D eigenvalue weighted by molar-refractivity contribution is 6.31. The lowest BCUT2D eigenvalue weighted by Gasteiger charge is -2.09. The highest BCUT2D eigenvalue weighted by Gasteiger charge is 2.15. The largest absolute Gasteiger partial charge is 0.392 e. The number of halogens is 2. The van der Waals surface area contributed by atoms with E-state index in [0.29, 0.717) is 0 Å². The van der Waals surface area contributed by atoms with Gasteiger partial charge in [-0.15, -0.1) is 0 Å². The van der Waals surface area contributed by atoms with Crippen LogP contribution in [0.25, 0.3) is 0 Å². The van der Waals surface area contributed by atoms with Crippen molar-refractivity contribution in [1.29, 1.82) is 0 Å². The molecule has 1 aromatic rings. The molecule has 0 amide bonds. The number of benzene rings is 1. The standard InChI is InChI=1S/C8H8ClFO3/c9-6-2-1-4(8(12)13)7(10)5(6)3-11/h1-2,8,11-13H,3H2. The molecule has 1 aromatic carbocycles. The number of hydrogen-bond acceptors (Lipinski definition) is 3. The van der Waals surface area contributed by atoms with Crippen LogP contribution in [0.15, 0.2) is 12.1 Å². The highest BCUT2D eigenvalue weighted by Crippen LogP contribution is 2.25. The smallest absolute Gasteiger partial charge is 0.181 e. The highest BCUT2D eigenvalue weighted by atomic mass is 35.5. The fraction of sp³-hybridized carbons (Fsp3) is 0.250. The number of aliphatic hydroxyl groups is 3. The second-order valence-electron chi connectivity index (χ2n) is 2.46. The van der Waals surface area contributed by atoms with E-state index in [1.54, 1.807) is 0 Å². The Bertz CT molecular complexity index is 315. The van der Waals surface area contributed by atoms with Crippen molar-refractivity contribution in [2.24, 2.45) is 0 Å². The first-order valence-electron chi connectivity index (χ1n) is 3.51. The Morgan fingerprint density at radius 2 is 2.00 bits per heavy atom. The van der Waals surface area contributed by atoms with Crippen molar-refractivity contribution in [2.75, 3.05) is 0 Å². The summed E-state index contributed by atoms with van der Waals surface area (Å²) >= 11 is 5.54. The summed E-state index contributed by atoms with van der Waals surface area (Å²) < 4.78 is 13.2. The average Bonchev–Trinajstić information content (AvgIpc) is 2.04. The molecule has 0 unspecified atom stereocenters. The Kier molecular flexibility index (Phi) is 3.22. The molecule has 0 heterocycles. The van der Waals surface area contributed by atoms with E-state index in [9.17, 15) is 4.39 Å². The fourth-order valence-corrected chi connectivity index (χ4v) is 1.17. The summed E-state index contributed by atoms with van der Waals surface area (Å²) in [4.78, 5) is 0. The SMILES string of the molecule is OCc1c(Cl)ccc(C(O)O)c1F. The van der Waals surface area contributed by atoms with Crippen molar-refractivity contribution in [2.45, 2.75) is 12.9 Å². The Morgan fingerprint density at radius 1 is 1.38 bits per heavy atom. The van der Waals surface area contributed by atoms with Gasteiger partial charge in [-0.2, -0.15) is 0 Å². The molecule has 5 heteroatoms. The van der Waals surface area contributed by atoms with Gasteiger partial charge in [0.2, 0.25) is 0 Å². The van der Waals surface area contributed by atoms with E-state index < -0.39 is 18.7 Å². The van der Waals surface area contributed by atoms with Crippen LogP contribution < -0.4 is 0 Å². The lowest BCUT2D eigenvalue weighted by molar-refractivity contribution is -0.0451. The van der Waals surface area contributed by atoms with Crippen molar-refractivity contribution >= 4 is 11.6 Å². The first-order chi connectivity index (χ1) is 6.07. The van der Waals surface area contributed by atoms with Gasteiger partial charge >= 0.3 is 0 Å². The summed E-state index contributed by atoms with van der Waals surface area (Å²) in [6.07, 6.45) is -1.90. The molecule has 0 radical (unpaired) electrons. The van der Waals surface area contributed by atoms with Crippen LogP contribution in [-0.2, 0) is 6.61 Å². The summed E-state index contributed by atoms with van der Waals surface area (Å²) in [6, 6.07) is 2.45. The zero-order valence-electron chi connectivity index (χ0n) is 6.54. The van der Waals surface area contributed by atoms with Crippen LogP contribution in [0.1, 0.15) is 17.4 Å². The summed E-state index contributed by atoms with van der Waals surface area (Å²) in [6.45, 7) is -0.578. The molecule has 0 aliphatic heterocycles. The summed E-state index contributed by atoms with van der Waals surface area (Å²) in [5.41, 5.74) is -0.430. The van der Waals surface area contributed by atoms with Gasteiger partial charge in [-0.05, 0) is 12.1 Å². The lowest BCUT2D eigenvalue weighted by atomic mass is 10.1. The second-order valence-corrected chi connectivity index (χ2v) is 2.87. The van der Waals surface area contributed by atoms with Gasteiger partial charge in [-0.1, -0.05) is 11.6 Å². The molecule has 0 fully saturated rings. The van der Waals surface area contributed by atoms with Gasteiger partial charge in [-0.25, -0.2) is 4.39 Å². The van der Waals surface area contributed by atoms with Crippen molar-refractivity contribution in [1.82, 2.24) is 0 Å². The third-order valence-corrected chi connectivity index (χ3v) is 2.01. The third kappa shape index (κ3) is 1.97. The average molecular weight is 207 g/mol. The molecule has 0 atom stereocenters. The quantitative estimate of drug-likeness (QED) is 0.632. The molecule has 3 nitrogen and oxygen atoms in total. The zero-order valence-corrected chi connectivity index (χ0v) is 7.29. The van der Waals surface area contributed by atoms with Crippen LogP contribution in [0.3, 0.4) is 0 Å². The molecule has 13 heavy (non-hydrogen) atoms. The molecule has 0 saturated carbocycles. The van der Waals surface area contributed by atoms with Crippen LogP contribution >= 0.6 is 11.6 Å². The van der Waals surface area contributed by atoms with E-state index in [-0.39, 0.29) is 16.1 Å². The summed E-state index contributed by atoms with van der Waals surface area (Å²) in [5, 5.41) is 26.2. The number of rotatable bonds is 2. The van der Waals surface area contributed by atoms with Gasteiger partial charge in [-0.3, -0.25) is 0 Å². The van der Waals surface area contributed by atoms with Crippen LogP contribution in [0.5, 0.6) is 0 Å². The normalized spacial score (nSPS) is 10.9. The molecule has 0 aromatic heterocycles. The van der Waals surface area contributed by atoms with Crippen LogP contribution in [0.2, 0.25) is 5.02 Å². The van der Waals surface area contributed by atoms with E-state index in [4.69, 9.17) is 26.9 Å². The first kappa shape index (κ1) is 10.4. The van der Waals surface area contributed by atoms with Gasteiger partial charge in [0.05, 0.1) is 6.61 Å². The Hall–Kier alpha value is -0.680. The molecule has 0 bridgehead atoms. The van der Waals surface area contributed by atoms with Crippen LogP contribution in [0.4, 0.5) is 4.39 Å². The maximum Gasteiger partial charge on any atom is 0.181 e. The van der Waals surface area contributed by atoms with Gasteiger partial charge in [0.25, 0.3) is 0 Å². The van der Waals surface area contributed by atoms with Gasteiger partial charge in [0.1, 0.15) is 5.82 Å². The second kappa shape index (κ2) is 4.02. The predicted octanol–water partition coefficient (Wildman–Crippen LogP) is 0.955. The molecule has 0 aliphatic rings. The maximum atomic E-state index is 13.2. The monoisotopic (exact) mass is 206 g/mol. The Balaban J connectivity index is 3.27. The van der Waals surface area contributed by atoms with Gasteiger partial charge in [0.15, 0.2) is 6.29 Å². The predicted molar refractivity (Wildman–Crippen MR) is 44.5 cm³/mol. The van der Waals surface area contributed by atoms with E-state index in [2.05, 4.69) is 0 Å². The minimum atomic E-state index is -1.90. The topological polar surface area (TPSA) is 60.7 Å². The molecule has 0 spiro atoms. The molecule has 0 aliphatic carbocycles. The van der Waals surface area contributed by atoms with Crippen molar-refractivity contribution in [3.8, 4) is 0 Å². The van der Waals surface area contributed by atoms with Gasteiger partial charge in [0, 0.05) is 16.1 Å². The molecular weight excluding hydrogens is 199 g/mol. The zero-order chi connectivity index (χ0) is 10.0. The molecular formula is C8H8ClFO3. The lowest BCUT2D eigenvalue weighted by Crippen LogP contribution is -2.03. The Labute approximate surface area is 79.0 Å². The van der Waals surface area contributed by atoms with E-state index in [0.717, 1.165) is 6.07 Å². The Morgan fingerprint density at radius 3 is 2.46 bits per heavy atom. The third-order valence-electron chi connectivity index (χ3n) is 1.65. The summed E-state index contributed by atoms with van der Waals surface area (Å²) in [5.74, 6) is -0.884. The van der Waals surface area contributed by atoms with Crippen molar-refractivity contribution < 1.29 is 19.7 Å². The van der Waals surface area contributed by atoms with Gasteiger partial charge < -0.3 is 15.3 Å². The number of hydrogen-bond donors (Lipinski definition) is 3. The fourth-order valence-electron chi connectivity index (χ4n) is 0.960. The van der Waals surface area contributed by atoms with Crippen LogP contribution in [0, 0.1) is 5.82 Å². The van der Waals surface area contributed by atoms with Crippen LogP contribution in [-0.4, -0.2) is 15.3 Å². The molecule has 72 valence electrons. The van der Waals surface area contributed by atoms with Crippen molar-refractivity contribution in [3.05, 3.63) is 34.1 Å². The number of aliphatic hydroxyl groups excluding tert-OH is 2. The van der Waals surface area contributed by atoms with E-state index >= 15 is 0 Å². The molecule has 1 rings (SSSR count). The maximum absolute atomic E-state index is 13.2. The van der Waals surface area contributed by atoms with Crippen molar-refractivity contribution in [3.63, 3.8) is 0 Å². The molecule has 3 N–H and O–H groups in total. The minimum absolute atomic E-state index is 0.0596. The minimum Gasteiger partial charge on any atom is -0.392 e. The van der Waals surface area contributed by atoms with E-state index in [1.807, 2.05) is 0 Å². The molecule has 0 saturated heterocycles. The summed E-state index contributed by atoms with van der Waals surface area (Å²) in [7, 11) is 0. The van der Waals surface area contributed by atoms with E-state index in [1.165, 1.54) is 6.07 Å².